The van der Waals surface area contributed by atoms with Gasteiger partial charge in [-0.3, -0.25) is 0 Å². The van der Waals surface area contributed by atoms with Crippen LogP contribution < -0.4 is 0 Å². The SMILES string of the molecule is C1=CC2CC1CC2C1CC1.C1=CC2CC1CC2CCCCCCCC1CC1.C1=CC2CC1CC2CCc1ccccc1. The van der Waals surface area contributed by atoms with Crippen molar-refractivity contribution in [2.24, 2.45) is 65.1 Å². The largest absolute Gasteiger partial charge is 0.0851 e. The minimum atomic E-state index is 0.915. The third-order valence-electron chi connectivity index (χ3n) is 12.9. The minimum absolute atomic E-state index is 0.915. The summed E-state index contributed by atoms with van der Waals surface area (Å²) < 4.78 is 0. The molecule has 42 heavy (non-hydrogen) atoms. The maximum Gasteiger partial charge on any atom is -0.0197 e. The van der Waals surface area contributed by atoms with E-state index in [1.165, 1.54) is 115 Å². The van der Waals surface area contributed by atoms with Crippen molar-refractivity contribution in [2.45, 2.75) is 122 Å². The Morgan fingerprint density at radius 2 is 1.05 bits per heavy atom. The molecule has 228 valence electrons. The first-order valence-corrected chi connectivity index (χ1v) is 18.9. The van der Waals surface area contributed by atoms with Gasteiger partial charge in [-0.15, -0.1) is 0 Å². The number of unbranched alkanes of at least 4 members (excludes halogenated alkanes) is 4. The van der Waals surface area contributed by atoms with Crippen molar-refractivity contribution in [3.63, 3.8) is 0 Å². The Labute approximate surface area is 258 Å². The molecule has 6 bridgehead atoms. The molecule has 1 aromatic rings. The van der Waals surface area contributed by atoms with E-state index in [9.17, 15) is 0 Å². The van der Waals surface area contributed by atoms with Gasteiger partial charge < -0.3 is 0 Å². The van der Waals surface area contributed by atoms with Crippen molar-refractivity contribution in [2.75, 3.05) is 0 Å². The van der Waals surface area contributed by atoms with Crippen molar-refractivity contribution in [1.29, 1.82) is 0 Å². The van der Waals surface area contributed by atoms with Gasteiger partial charge in [-0.05, 0) is 141 Å². The topological polar surface area (TPSA) is 0 Å². The van der Waals surface area contributed by atoms with Gasteiger partial charge in [0.15, 0.2) is 0 Å². The number of hydrogen-bond acceptors (Lipinski definition) is 0. The van der Waals surface area contributed by atoms with Crippen LogP contribution in [-0.4, -0.2) is 0 Å². The fraction of sp³-hybridized carbons (Fsp3) is 0.714. The van der Waals surface area contributed by atoms with Crippen LogP contribution >= 0.6 is 0 Å². The highest BCUT2D eigenvalue weighted by atomic mass is 14.5. The van der Waals surface area contributed by atoms with Gasteiger partial charge in [0, 0.05) is 0 Å². The van der Waals surface area contributed by atoms with Crippen molar-refractivity contribution in [3.8, 4) is 0 Å². The summed E-state index contributed by atoms with van der Waals surface area (Å²) in [7, 11) is 0. The van der Waals surface area contributed by atoms with Gasteiger partial charge in [-0.25, -0.2) is 0 Å². The van der Waals surface area contributed by atoms with E-state index in [-0.39, 0.29) is 0 Å². The van der Waals surface area contributed by atoms with E-state index in [4.69, 9.17) is 0 Å². The van der Waals surface area contributed by atoms with Gasteiger partial charge in [-0.2, -0.15) is 0 Å². The molecule has 0 N–H and O–H groups in total. The fourth-order valence-corrected chi connectivity index (χ4v) is 10.1. The number of fused-ring (bicyclic) bond motifs is 6. The van der Waals surface area contributed by atoms with E-state index < -0.39 is 0 Å². The van der Waals surface area contributed by atoms with Crippen LogP contribution in [0.4, 0.5) is 0 Å². The van der Waals surface area contributed by atoms with Gasteiger partial charge in [-0.1, -0.05) is 118 Å². The van der Waals surface area contributed by atoms with Crippen LogP contribution in [0, 0.1) is 65.1 Å². The summed E-state index contributed by atoms with van der Waals surface area (Å²) in [6.07, 6.45) is 43.2. The van der Waals surface area contributed by atoms with E-state index in [2.05, 4.69) is 66.8 Å². The van der Waals surface area contributed by atoms with Gasteiger partial charge in [0.2, 0.25) is 0 Å². The summed E-state index contributed by atoms with van der Waals surface area (Å²) in [5.41, 5.74) is 1.50. The Hall–Kier alpha value is -1.56. The molecule has 9 rings (SSSR count). The molecule has 5 fully saturated rings. The number of rotatable bonds is 12. The van der Waals surface area contributed by atoms with Crippen LogP contribution in [0.1, 0.15) is 121 Å². The molecule has 0 spiro atoms. The van der Waals surface area contributed by atoms with Crippen molar-refractivity contribution < 1.29 is 0 Å². The molecule has 9 atom stereocenters. The summed E-state index contributed by atoms with van der Waals surface area (Å²) in [6, 6.07) is 10.9. The smallest absolute Gasteiger partial charge is 0.0197 e. The lowest BCUT2D eigenvalue weighted by atomic mass is 9.88. The zero-order valence-electron chi connectivity index (χ0n) is 26.6. The second-order valence-electron chi connectivity index (χ2n) is 16.2. The summed E-state index contributed by atoms with van der Waals surface area (Å²) in [4.78, 5) is 0. The first-order valence-electron chi connectivity index (χ1n) is 18.9. The van der Waals surface area contributed by atoms with Crippen LogP contribution in [-0.2, 0) is 6.42 Å². The molecular formula is C42H60. The quantitative estimate of drug-likeness (QED) is 0.175. The van der Waals surface area contributed by atoms with Gasteiger partial charge in [0.1, 0.15) is 0 Å². The molecule has 1 aromatic carbocycles. The van der Waals surface area contributed by atoms with Crippen LogP contribution in [0.15, 0.2) is 66.8 Å². The predicted octanol–water partition coefficient (Wildman–Crippen LogP) is 11.8. The Balaban J connectivity index is 0.000000106. The predicted molar refractivity (Wildman–Crippen MR) is 179 cm³/mol. The molecule has 9 unspecified atom stereocenters. The molecule has 8 aliphatic rings. The van der Waals surface area contributed by atoms with Crippen molar-refractivity contribution >= 4 is 0 Å². The van der Waals surface area contributed by atoms with Crippen LogP contribution in [0.25, 0.3) is 0 Å². The zero-order valence-corrected chi connectivity index (χ0v) is 26.6. The Bertz CT molecular complexity index is 1050. The Kier molecular flexibility index (Phi) is 9.75. The van der Waals surface area contributed by atoms with E-state index in [1.807, 2.05) is 0 Å². The van der Waals surface area contributed by atoms with Crippen LogP contribution in [0.2, 0.25) is 0 Å². The highest BCUT2D eigenvalue weighted by Gasteiger charge is 2.43. The number of benzene rings is 1. The standard InChI is InChI=1S/C17H28.C15H18.C10H14/c1(2-4-6-14-8-9-14)3-5-7-16-12-15-10-11-17(16)13-15;1-2-4-12(5-3-1)6-8-14-10-13-7-9-15(14)11-13;1-2-9-5-7(1)6-10(9)8-3-4-8/h10-11,14-17H,1-9,12-13H2;1-5,7,9,13-15H,6,8,10-11H2;1-2,7-10H,3-6H2. The normalized spacial score (nSPS) is 37.7. The van der Waals surface area contributed by atoms with Gasteiger partial charge >= 0.3 is 0 Å². The maximum atomic E-state index is 2.51. The molecule has 0 heteroatoms. The zero-order chi connectivity index (χ0) is 28.1. The average molecular weight is 565 g/mol. The highest BCUT2D eigenvalue weighted by Crippen LogP contribution is 2.53. The van der Waals surface area contributed by atoms with E-state index >= 15 is 0 Å². The molecular weight excluding hydrogens is 504 g/mol. The van der Waals surface area contributed by atoms with E-state index in [1.54, 1.807) is 12.8 Å². The second kappa shape index (κ2) is 14.0. The molecule has 0 heterocycles. The summed E-state index contributed by atoms with van der Waals surface area (Å²) in [5, 5.41) is 0. The fourth-order valence-electron chi connectivity index (χ4n) is 10.1. The molecule has 0 amide bonds. The van der Waals surface area contributed by atoms with Crippen LogP contribution in [0.5, 0.6) is 0 Å². The number of aryl methyl sites for hydroxylation is 1. The number of allylic oxidation sites excluding steroid dienone is 6. The summed E-state index contributed by atoms with van der Waals surface area (Å²) in [5.74, 6) is 11.3. The third kappa shape index (κ3) is 7.93. The van der Waals surface area contributed by atoms with Crippen molar-refractivity contribution in [1.82, 2.24) is 0 Å². The molecule has 8 aliphatic carbocycles. The molecule has 0 nitrogen and oxygen atoms in total. The van der Waals surface area contributed by atoms with Crippen LogP contribution in [0.3, 0.4) is 0 Å². The molecule has 0 saturated heterocycles. The lowest BCUT2D eigenvalue weighted by Crippen LogP contribution is -2.08. The van der Waals surface area contributed by atoms with E-state index in [0.717, 1.165) is 65.1 Å². The first kappa shape index (κ1) is 29.2. The average Bonchev–Trinajstić information content (AvgIpc) is 3.60. The molecule has 0 aliphatic heterocycles. The Morgan fingerprint density at radius 1 is 0.476 bits per heavy atom. The minimum Gasteiger partial charge on any atom is -0.0851 e. The highest BCUT2D eigenvalue weighted by molar-refractivity contribution is 5.16. The third-order valence-corrected chi connectivity index (χ3v) is 12.9. The molecule has 0 radical (unpaired) electrons. The number of hydrogen-bond donors (Lipinski definition) is 0. The first-order chi connectivity index (χ1) is 20.8. The lowest BCUT2D eigenvalue weighted by molar-refractivity contribution is 0.393. The van der Waals surface area contributed by atoms with E-state index in [0.29, 0.717) is 0 Å². The van der Waals surface area contributed by atoms with Crippen molar-refractivity contribution in [3.05, 3.63) is 72.4 Å². The summed E-state index contributed by atoms with van der Waals surface area (Å²) in [6.45, 7) is 0. The van der Waals surface area contributed by atoms with Gasteiger partial charge in [0.05, 0.1) is 0 Å². The lowest BCUT2D eigenvalue weighted by Gasteiger charge is -2.17. The Morgan fingerprint density at radius 3 is 1.57 bits per heavy atom. The maximum absolute atomic E-state index is 2.51. The van der Waals surface area contributed by atoms with Gasteiger partial charge in [0.25, 0.3) is 0 Å². The second-order valence-corrected chi connectivity index (χ2v) is 16.2. The molecule has 0 aromatic heterocycles. The monoisotopic (exact) mass is 564 g/mol. The summed E-state index contributed by atoms with van der Waals surface area (Å²) >= 11 is 0. The molecule has 5 saturated carbocycles.